The predicted octanol–water partition coefficient (Wildman–Crippen LogP) is 3.89. The molecule has 0 bridgehead atoms. The molecule has 0 spiro atoms. The molecule has 0 aromatic heterocycles. The van der Waals surface area contributed by atoms with E-state index in [1.807, 2.05) is 12.1 Å². The summed E-state index contributed by atoms with van der Waals surface area (Å²) in [6, 6.07) is 8.26. The van der Waals surface area contributed by atoms with Crippen LogP contribution in [0.15, 0.2) is 29.3 Å². The van der Waals surface area contributed by atoms with Gasteiger partial charge in [0.1, 0.15) is 0 Å². The van der Waals surface area contributed by atoms with Crippen LogP contribution < -0.4 is 24.8 Å². The van der Waals surface area contributed by atoms with E-state index in [-0.39, 0.29) is 0 Å². The number of methoxy groups -OCH3 is 3. The Labute approximate surface area is 174 Å². The molecular formula is C23H33N3O3. The van der Waals surface area contributed by atoms with E-state index in [1.165, 1.54) is 22.3 Å². The van der Waals surface area contributed by atoms with Crippen molar-refractivity contribution in [3.05, 3.63) is 52.1 Å². The van der Waals surface area contributed by atoms with E-state index < -0.39 is 0 Å². The lowest BCUT2D eigenvalue weighted by Gasteiger charge is -2.16. The molecule has 6 nitrogen and oxygen atoms in total. The number of rotatable bonds is 8. The first-order chi connectivity index (χ1) is 13.9. The Morgan fingerprint density at radius 3 is 1.93 bits per heavy atom. The Hall–Kier alpha value is -2.89. The van der Waals surface area contributed by atoms with Gasteiger partial charge in [-0.1, -0.05) is 17.7 Å². The van der Waals surface area contributed by atoms with Crippen LogP contribution >= 0.6 is 0 Å². The van der Waals surface area contributed by atoms with Gasteiger partial charge in [0.25, 0.3) is 0 Å². The van der Waals surface area contributed by atoms with Crippen LogP contribution in [-0.4, -0.2) is 33.8 Å². The highest BCUT2D eigenvalue weighted by Gasteiger charge is 2.13. The van der Waals surface area contributed by atoms with E-state index >= 15 is 0 Å². The molecule has 0 aliphatic heterocycles. The molecule has 0 aliphatic carbocycles. The lowest BCUT2D eigenvalue weighted by Crippen LogP contribution is -2.37. The lowest BCUT2D eigenvalue weighted by atomic mass is 10.00. The highest BCUT2D eigenvalue weighted by atomic mass is 16.5. The zero-order chi connectivity index (χ0) is 21.4. The zero-order valence-corrected chi connectivity index (χ0v) is 18.6. The Kier molecular flexibility index (Phi) is 8.19. The van der Waals surface area contributed by atoms with Crippen molar-refractivity contribution in [2.75, 3.05) is 27.9 Å². The van der Waals surface area contributed by atoms with Gasteiger partial charge in [0.05, 0.1) is 27.9 Å². The summed E-state index contributed by atoms with van der Waals surface area (Å²) >= 11 is 0. The van der Waals surface area contributed by atoms with Gasteiger partial charge in [-0.2, -0.15) is 0 Å². The van der Waals surface area contributed by atoms with Crippen LogP contribution in [0.4, 0.5) is 0 Å². The maximum absolute atomic E-state index is 5.43. The summed E-state index contributed by atoms with van der Waals surface area (Å²) in [5.41, 5.74) is 6.13. The first-order valence-corrected chi connectivity index (χ1v) is 9.81. The topological polar surface area (TPSA) is 64.1 Å². The minimum atomic E-state index is 0.484. The highest BCUT2D eigenvalue weighted by Crippen LogP contribution is 2.38. The average molecular weight is 400 g/mol. The summed E-state index contributed by atoms with van der Waals surface area (Å²) < 4.78 is 16.2. The molecule has 2 aromatic carbocycles. The molecule has 158 valence electrons. The molecule has 6 heteroatoms. The summed E-state index contributed by atoms with van der Waals surface area (Å²) in [5, 5.41) is 6.74. The smallest absolute Gasteiger partial charge is 0.203 e. The molecule has 2 aromatic rings. The van der Waals surface area contributed by atoms with Crippen molar-refractivity contribution in [1.82, 2.24) is 10.6 Å². The fraction of sp³-hybridized carbons (Fsp3) is 0.435. The third kappa shape index (κ3) is 5.79. The minimum absolute atomic E-state index is 0.484. The second-order valence-corrected chi connectivity index (χ2v) is 6.96. The van der Waals surface area contributed by atoms with E-state index in [0.717, 1.165) is 24.6 Å². The zero-order valence-electron chi connectivity index (χ0n) is 18.6. The first kappa shape index (κ1) is 22.4. The maximum atomic E-state index is 5.43. The van der Waals surface area contributed by atoms with Crippen molar-refractivity contribution in [2.45, 2.75) is 40.8 Å². The summed E-state index contributed by atoms with van der Waals surface area (Å²) in [5.74, 6) is 2.60. The van der Waals surface area contributed by atoms with E-state index in [2.05, 4.69) is 50.5 Å². The van der Waals surface area contributed by atoms with Gasteiger partial charge in [-0.3, -0.25) is 0 Å². The van der Waals surface area contributed by atoms with E-state index in [4.69, 9.17) is 19.2 Å². The molecular weight excluding hydrogens is 366 g/mol. The molecule has 2 rings (SSSR count). The largest absolute Gasteiger partial charge is 0.493 e. The van der Waals surface area contributed by atoms with Crippen LogP contribution in [0, 0.1) is 20.8 Å². The van der Waals surface area contributed by atoms with Gasteiger partial charge in [-0.05, 0) is 62.1 Å². The van der Waals surface area contributed by atoms with Gasteiger partial charge in [-0.25, -0.2) is 4.99 Å². The Morgan fingerprint density at radius 1 is 0.862 bits per heavy atom. The van der Waals surface area contributed by atoms with E-state index in [1.54, 1.807) is 21.3 Å². The highest BCUT2D eigenvalue weighted by molar-refractivity contribution is 5.79. The second kappa shape index (κ2) is 10.6. The van der Waals surface area contributed by atoms with Crippen molar-refractivity contribution < 1.29 is 14.2 Å². The van der Waals surface area contributed by atoms with Gasteiger partial charge in [0, 0.05) is 13.1 Å². The Balaban J connectivity index is 2.19. The normalized spacial score (nSPS) is 11.2. The number of guanidine groups is 1. The summed E-state index contributed by atoms with van der Waals surface area (Å²) in [4.78, 5) is 4.72. The summed E-state index contributed by atoms with van der Waals surface area (Å²) in [6.45, 7) is 10.5. The molecule has 0 unspecified atom stereocenters. The summed E-state index contributed by atoms with van der Waals surface area (Å²) in [7, 11) is 4.82. The van der Waals surface area contributed by atoms with Gasteiger partial charge in [-0.15, -0.1) is 0 Å². The van der Waals surface area contributed by atoms with E-state index in [0.29, 0.717) is 23.8 Å². The van der Waals surface area contributed by atoms with Crippen molar-refractivity contribution in [3.63, 3.8) is 0 Å². The number of benzene rings is 2. The Morgan fingerprint density at radius 2 is 1.45 bits per heavy atom. The molecule has 0 radical (unpaired) electrons. The maximum Gasteiger partial charge on any atom is 0.203 e. The first-order valence-electron chi connectivity index (χ1n) is 9.81. The van der Waals surface area contributed by atoms with E-state index in [9.17, 15) is 0 Å². The molecule has 0 aliphatic rings. The van der Waals surface area contributed by atoms with Gasteiger partial charge >= 0.3 is 0 Å². The summed E-state index contributed by atoms with van der Waals surface area (Å²) in [6.07, 6.45) is 0. The van der Waals surface area contributed by atoms with Gasteiger partial charge in [0.2, 0.25) is 5.75 Å². The number of nitrogens with one attached hydrogen (secondary N) is 2. The molecule has 0 fully saturated rings. The third-order valence-electron chi connectivity index (χ3n) is 4.76. The predicted molar refractivity (Wildman–Crippen MR) is 118 cm³/mol. The lowest BCUT2D eigenvalue weighted by molar-refractivity contribution is 0.324. The van der Waals surface area contributed by atoms with Crippen molar-refractivity contribution >= 4 is 5.96 Å². The van der Waals surface area contributed by atoms with Crippen LogP contribution in [0.2, 0.25) is 0 Å². The monoisotopic (exact) mass is 399 g/mol. The molecule has 0 heterocycles. The van der Waals surface area contributed by atoms with Crippen molar-refractivity contribution in [1.29, 1.82) is 0 Å². The molecule has 2 N–H and O–H groups in total. The van der Waals surface area contributed by atoms with Crippen LogP contribution in [-0.2, 0) is 13.1 Å². The van der Waals surface area contributed by atoms with Crippen LogP contribution in [0.5, 0.6) is 17.2 Å². The molecule has 0 amide bonds. The fourth-order valence-electron chi connectivity index (χ4n) is 3.40. The number of ether oxygens (including phenoxy) is 3. The van der Waals surface area contributed by atoms with Gasteiger partial charge in [0.15, 0.2) is 17.5 Å². The number of aliphatic imine (C=N–C) groups is 1. The Bertz CT molecular complexity index is 814. The minimum Gasteiger partial charge on any atom is -0.493 e. The number of hydrogen-bond acceptors (Lipinski definition) is 4. The number of nitrogens with zero attached hydrogens (tertiary/aromatic N) is 1. The quantitative estimate of drug-likeness (QED) is 0.521. The third-order valence-corrected chi connectivity index (χ3v) is 4.76. The molecule has 0 saturated heterocycles. The number of aryl methyl sites for hydroxylation is 3. The van der Waals surface area contributed by atoms with Crippen LogP contribution in [0.1, 0.15) is 34.7 Å². The van der Waals surface area contributed by atoms with Crippen LogP contribution in [0.3, 0.4) is 0 Å². The molecule has 29 heavy (non-hydrogen) atoms. The standard InChI is InChI=1S/C23H33N3O3/c1-8-24-23(26-14-19-16(3)9-15(2)10-17(19)4)25-13-18-11-20(27-5)22(29-7)21(12-18)28-6/h9-12H,8,13-14H2,1-7H3,(H2,24,25,26). The second-order valence-electron chi connectivity index (χ2n) is 6.96. The van der Waals surface area contributed by atoms with Crippen molar-refractivity contribution in [3.8, 4) is 17.2 Å². The molecule has 0 atom stereocenters. The number of hydrogen-bond donors (Lipinski definition) is 2. The molecule has 0 saturated carbocycles. The fourth-order valence-corrected chi connectivity index (χ4v) is 3.40. The SMILES string of the molecule is CCNC(=NCc1cc(OC)c(OC)c(OC)c1)NCc1c(C)cc(C)cc1C. The van der Waals surface area contributed by atoms with Crippen molar-refractivity contribution in [2.24, 2.45) is 4.99 Å². The van der Waals surface area contributed by atoms with Gasteiger partial charge < -0.3 is 24.8 Å². The average Bonchev–Trinajstić information content (AvgIpc) is 2.70. The van der Waals surface area contributed by atoms with Crippen LogP contribution in [0.25, 0.3) is 0 Å².